The molecule has 0 spiro atoms. The van der Waals surface area contributed by atoms with Crippen molar-refractivity contribution in [3.05, 3.63) is 59.4 Å². The van der Waals surface area contributed by atoms with Crippen LogP contribution in [-0.4, -0.2) is 15.9 Å². The number of hydrogen-bond donors (Lipinski definition) is 2. The molecule has 0 unspecified atom stereocenters. The summed E-state index contributed by atoms with van der Waals surface area (Å²) in [4.78, 5) is 19.5. The van der Waals surface area contributed by atoms with Gasteiger partial charge in [0.25, 0.3) is 5.91 Å². The van der Waals surface area contributed by atoms with Crippen LogP contribution in [-0.2, 0) is 0 Å². The Kier molecular flexibility index (Phi) is 2.99. The van der Waals surface area contributed by atoms with Crippen LogP contribution in [0.4, 0.5) is 5.69 Å². The zero-order chi connectivity index (χ0) is 14.1. The molecule has 0 bridgehead atoms. The Bertz CT molecular complexity index is 736. The average molecular weight is 265 g/mol. The molecule has 2 N–H and O–H groups in total. The Morgan fingerprint density at radius 3 is 2.60 bits per heavy atom. The maximum absolute atomic E-state index is 12.3. The van der Waals surface area contributed by atoms with Gasteiger partial charge in [-0.05, 0) is 43.2 Å². The molecule has 1 aromatic carbocycles. The minimum absolute atomic E-state index is 0.152. The van der Waals surface area contributed by atoms with Gasteiger partial charge < -0.3 is 10.3 Å². The third kappa shape index (κ3) is 2.16. The van der Waals surface area contributed by atoms with E-state index < -0.39 is 0 Å². The molecule has 4 nitrogen and oxygen atoms in total. The number of nitrogens with zero attached hydrogens (tertiary/aromatic N) is 1. The lowest BCUT2D eigenvalue weighted by atomic mass is 10.1. The number of hydrogen-bond acceptors (Lipinski definition) is 2. The number of amides is 1. The number of rotatable bonds is 2. The van der Waals surface area contributed by atoms with E-state index >= 15 is 0 Å². The minimum atomic E-state index is -0.152. The van der Waals surface area contributed by atoms with Gasteiger partial charge in [-0.1, -0.05) is 18.2 Å². The number of H-pyrrole nitrogens is 1. The normalized spacial score (nSPS) is 10.7. The first-order chi connectivity index (χ1) is 9.65. The second-order valence-electron chi connectivity index (χ2n) is 4.85. The van der Waals surface area contributed by atoms with E-state index in [1.807, 2.05) is 50.2 Å². The van der Waals surface area contributed by atoms with Crippen LogP contribution in [0.15, 0.2) is 42.6 Å². The summed E-state index contributed by atoms with van der Waals surface area (Å²) in [5.41, 5.74) is 4.20. The zero-order valence-corrected chi connectivity index (χ0v) is 11.4. The van der Waals surface area contributed by atoms with Crippen molar-refractivity contribution in [3.63, 3.8) is 0 Å². The Morgan fingerprint density at radius 2 is 1.90 bits per heavy atom. The highest BCUT2D eigenvalue weighted by Crippen LogP contribution is 2.21. The van der Waals surface area contributed by atoms with Crippen LogP contribution in [0.3, 0.4) is 0 Å². The summed E-state index contributed by atoms with van der Waals surface area (Å²) >= 11 is 0. The summed E-state index contributed by atoms with van der Waals surface area (Å²) in [6.45, 7) is 3.96. The molecule has 3 aromatic rings. The quantitative estimate of drug-likeness (QED) is 0.745. The fourth-order valence-corrected chi connectivity index (χ4v) is 2.27. The average Bonchev–Trinajstić information content (AvgIpc) is 2.87. The first kappa shape index (κ1) is 12.4. The molecule has 0 aliphatic rings. The van der Waals surface area contributed by atoms with Crippen molar-refractivity contribution in [2.45, 2.75) is 13.8 Å². The maximum atomic E-state index is 12.3. The molecule has 0 radical (unpaired) electrons. The number of carbonyl (C=O) groups is 1. The largest absolute Gasteiger partial charge is 0.335 e. The number of anilines is 1. The maximum Gasteiger partial charge on any atom is 0.272 e. The minimum Gasteiger partial charge on any atom is -0.335 e. The van der Waals surface area contributed by atoms with Crippen molar-refractivity contribution in [2.75, 3.05) is 5.32 Å². The Labute approximate surface area is 116 Å². The molecule has 3 rings (SSSR count). The number of aromatic nitrogens is 2. The number of fused-ring (bicyclic) bond motifs is 1. The summed E-state index contributed by atoms with van der Waals surface area (Å²) in [6, 6.07) is 11.5. The van der Waals surface area contributed by atoms with Crippen LogP contribution in [0, 0.1) is 13.8 Å². The predicted octanol–water partition coefficient (Wildman–Crippen LogP) is 3.43. The molecule has 4 heteroatoms. The summed E-state index contributed by atoms with van der Waals surface area (Å²) in [7, 11) is 0. The smallest absolute Gasteiger partial charge is 0.272 e. The van der Waals surface area contributed by atoms with E-state index in [9.17, 15) is 4.79 Å². The van der Waals surface area contributed by atoms with Gasteiger partial charge in [0.15, 0.2) is 0 Å². The van der Waals surface area contributed by atoms with Crippen LogP contribution >= 0.6 is 0 Å². The number of aryl methyl sites for hydroxylation is 2. The zero-order valence-electron chi connectivity index (χ0n) is 11.4. The van der Waals surface area contributed by atoms with Crippen LogP contribution < -0.4 is 5.32 Å². The van der Waals surface area contributed by atoms with Crippen molar-refractivity contribution >= 4 is 22.6 Å². The Hall–Kier alpha value is -2.62. The molecule has 0 aliphatic heterocycles. The Balaban J connectivity index is 1.93. The number of pyridine rings is 1. The van der Waals surface area contributed by atoms with E-state index in [4.69, 9.17) is 0 Å². The molecule has 0 saturated heterocycles. The van der Waals surface area contributed by atoms with Gasteiger partial charge in [0, 0.05) is 17.3 Å². The van der Waals surface area contributed by atoms with Crippen molar-refractivity contribution in [1.29, 1.82) is 0 Å². The summed E-state index contributed by atoms with van der Waals surface area (Å²) < 4.78 is 0. The van der Waals surface area contributed by atoms with Crippen LogP contribution in [0.2, 0.25) is 0 Å². The number of carbonyl (C=O) groups excluding carboxylic acids is 1. The Morgan fingerprint density at radius 1 is 1.15 bits per heavy atom. The van der Waals surface area contributed by atoms with E-state index in [0.717, 1.165) is 27.8 Å². The van der Waals surface area contributed by atoms with Gasteiger partial charge in [-0.3, -0.25) is 4.79 Å². The predicted molar refractivity (Wildman–Crippen MR) is 80.0 cm³/mol. The highest BCUT2D eigenvalue weighted by Gasteiger charge is 2.12. The lowest BCUT2D eigenvalue weighted by molar-refractivity contribution is 0.102. The van der Waals surface area contributed by atoms with Gasteiger partial charge in [0.1, 0.15) is 11.3 Å². The van der Waals surface area contributed by atoms with E-state index in [2.05, 4.69) is 15.3 Å². The number of para-hydroxylation sites is 1. The first-order valence-corrected chi connectivity index (χ1v) is 6.46. The van der Waals surface area contributed by atoms with Crippen LogP contribution in [0.1, 0.15) is 21.6 Å². The van der Waals surface area contributed by atoms with Crippen LogP contribution in [0.25, 0.3) is 11.0 Å². The second kappa shape index (κ2) is 4.81. The van der Waals surface area contributed by atoms with Crippen molar-refractivity contribution in [3.8, 4) is 0 Å². The SMILES string of the molecule is Cc1cccc(C)c1NC(=O)c1cc2cccnc2[nH]1. The second-order valence-corrected chi connectivity index (χ2v) is 4.85. The summed E-state index contributed by atoms with van der Waals surface area (Å²) in [6.07, 6.45) is 1.70. The standard InChI is InChI=1S/C16H15N3O/c1-10-5-3-6-11(2)14(10)19-16(20)13-9-12-7-4-8-17-15(12)18-13/h3-9H,1-2H3,(H,17,18)(H,19,20). The van der Waals surface area contributed by atoms with Gasteiger partial charge in [-0.2, -0.15) is 0 Å². The lowest BCUT2D eigenvalue weighted by Crippen LogP contribution is -2.14. The van der Waals surface area contributed by atoms with E-state index in [1.54, 1.807) is 6.20 Å². The molecule has 100 valence electrons. The number of benzene rings is 1. The topological polar surface area (TPSA) is 57.8 Å². The van der Waals surface area contributed by atoms with E-state index in [0.29, 0.717) is 5.69 Å². The first-order valence-electron chi connectivity index (χ1n) is 6.46. The molecule has 0 fully saturated rings. The molecule has 0 atom stereocenters. The van der Waals surface area contributed by atoms with Crippen molar-refractivity contribution in [1.82, 2.24) is 9.97 Å². The molecular weight excluding hydrogens is 250 g/mol. The van der Waals surface area contributed by atoms with Gasteiger partial charge in [-0.25, -0.2) is 4.98 Å². The van der Waals surface area contributed by atoms with Crippen LogP contribution in [0.5, 0.6) is 0 Å². The monoisotopic (exact) mass is 265 g/mol. The van der Waals surface area contributed by atoms with E-state index in [1.165, 1.54) is 0 Å². The van der Waals surface area contributed by atoms with Gasteiger partial charge in [-0.15, -0.1) is 0 Å². The number of aromatic amines is 1. The highest BCUT2D eigenvalue weighted by atomic mass is 16.1. The molecule has 0 saturated carbocycles. The molecule has 2 aromatic heterocycles. The third-order valence-electron chi connectivity index (χ3n) is 3.36. The highest BCUT2D eigenvalue weighted by molar-refractivity contribution is 6.06. The van der Waals surface area contributed by atoms with Crippen molar-refractivity contribution < 1.29 is 4.79 Å². The molecule has 0 aliphatic carbocycles. The summed E-state index contributed by atoms with van der Waals surface area (Å²) in [5.74, 6) is -0.152. The molecule has 2 heterocycles. The fourth-order valence-electron chi connectivity index (χ4n) is 2.27. The third-order valence-corrected chi connectivity index (χ3v) is 3.36. The van der Waals surface area contributed by atoms with Gasteiger partial charge >= 0.3 is 0 Å². The molecule has 1 amide bonds. The van der Waals surface area contributed by atoms with Gasteiger partial charge in [0.2, 0.25) is 0 Å². The molecular formula is C16H15N3O. The number of nitrogens with one attached hydrogen (secondary N) is 2. The summed E-state index contributed by atoms with van der Waals surface area (Å²) in [5, 5.41) is 3.89. The van der Waals surface area contributed by atoms with E-state index in [-0.39, 0.29) is 5.91 Å². The lowest BCUT2D eigenvalue weighted by Gasteiger charge is -2.10. The molecule has 20 heavy (non-hydrogen) atoms. The van der Waals surface area contributed by atoms with Gasteiger partial charge in [0.05, 0.1) is 0 Å². The fraction of sp³-hybridized carbons (Fsp3) is 0.125. The van der Waals surface area contributed by atoms with Crippen molar-refractivity contribution in [2.24, 2.45) is 0 Å².